The van der Waals surface area contributed by atoms with Crippen LogP contribution in [-0.4, -0.2) is 33.8 Å². The van der Waals surface area contributed by atoms with Gasteiger partial charge in [0.15, 0.2) is 5.11 Å². The molecule has 0 radical (unpaired) electrons. The minimum atomic E-state index is -0.719. The molecule has 1 aliphatic rings. The molecule has 1 aliphatic heterocycles. The maximum absolute atomic E-state index is 12.3. The molecule has 128 valence electrons. The Hall–Kier alpha value is -2.23. The number of esters is 1. The molecule has 1 unspecified atom stereocenters. The van der Waals surface area contributed by atoms with Crippen LogP contribution < -0.4 is 10.6 Å². The van der Waals surface area contributed by atoms with Crippen LogP contribution in [0.2, 0.25) is 5.02 Å². The number of rotatable bonds is 5. The molecule has 0 amide bonds. The standard InChI is InChI=1S/C14H14ClN3O5S/c1-7-12(10(5-19)17-14(24)16-7)13(20)23-6-8-4-9(15)2-3-11(8)18(21)22/h2-4,10,19H,5-6H2,1H3,(H2,16,17,24). The van der Waals surface area contributed by atoms with Gasteiger partial charge in [0.1, 0.15) is 6.61 Å². The third-order valence-electron chi connectivity index (χ3n) is 3.36. The summed E-state index contributed by atoms with van der Waals surface area (Å²) in [4.78, 5) is 22.7. The zero-order chi connectivity index (χ0) is 17.9. The van der Waals surface area contributed by atoms with Crippen molar-refractivity contribution in [3.05, 3.63) is 50.2 Å². The third-order valence-corrected chi connectivity index (χ3v) is 3.81. The van der Waals surface area contributed by atoms with Crippen molar-refractivity contribution in [1.82, 2.24) is 10.6 Å². The first kappa shape index (κ1) is 18.1. The van der Waals surface area contributed by atoms with Gasteiger partial charge in [-0.25, -0.2) is 4.79 Å². The van der Waals surface area contributed by atoms with E-state index in [0.29, 0.717) is 10.7 Å². The number of carbonyl (C=O) groups excluding carboxylic acids is 1. The van der Waals surface area contributed by atoms with E-state index in [-0.39, 0.29) is 35.2 Å². The number of nitrogens with zero attached hydrogens (tertiary/aromatic N) is 1. The summed E-state index contributed by atoms with van der Waals surface area (Å²) in [5, 5.41) is 26.5. The molecule has 0 saturated heterocycles. The molecule has 24 heavy (non-hydrogen) atoms. The van der Waals surface area contributed by atoms with Crippen molar-refractivity contribution < 1.29 is 19.6 Å². The van der Waals surface area contributed by atoms with E-state index in [1.54, 1.807) is 6.92 Å². The summed E-state index contributed by atoms with van der Waals surface area (Å²) < 4.78 is 5.16. The highest BCUT2D eigenvalue weighted by Gasteiger charge is 2.29. The Morgan fingerprint density at radius 2 is 2.25 bits per heavy atom. The number of aliphatic hydroxyl groups is 1. The zero-order valence-electron chi connectivity index (χ0n) is 12.5. The second-order valence-electron chi connectivity index (χ2n) is 4.98. The molecule has 1 aromatic rings. The van der Waals surface area contributed by atoms with Crippen molar-refractivity contribution >= 4 is 40.6 Å². The molecule has 0 aromatic heterocycles. The number of nitro groups is 1. The van der Waals surface area contributed by atoms with Gasteiger partial charge < -0.3 is 20.5 Å². The highest BCUT2D eigenvalue weighted by atomic mass is 35.5. The first-order chi connectivity index (χ1) is 11.3. The lowest BCUT2D eigenvalue weighted by Gasteiger charge is -2.28. The number of aliphatic hydroxyl groups excluding tert-OH is 1. The second kappa shape index (κ2) is 7.56. The number of benzene rings is 1. The lowest BCUT2D eigenvalue weighted by Crippen LogP contribution is -2.51. The molecule has 3 N–H and O–H groups in total. The van der Waals surface area contributed by atoms with Crippen LogP contribution in [0, 0.1) is 10.1 Å². The van der Waals surface area contributed by atoms with Crippen LogP contribution in [0.5, 0.6) is 0 Å². The van der Waals surface area contributed by atoms with E-state index in [0.717, 1.165) is 0 Å². The molecule has 0 bridgehead atoms. The summed E-state index contributed by atoms with van der Waals surface area (Å²) in [6.07, 6.45) is 0. The number of hydrogen-bond donors (Lipinski definition) is 3. The van der Waals surface area contributed by atoms with Crippen molar-refractivity contribution in [2.24, 2.45) is 0 Å². The summed E-state index contributed by atoms with van der Waals surface area (Å²) in [5.74, 6) is -0.719. The third kappa shape index (κ3) is 3.99. The minimum Gasteiger partial charge on any atom is -0.457 e. The maximum Gasteiger partial charge on any atom is 0.338 e. The average molecular weight is 372 g/mol. The monoisotopic (exact) mass is 371 g/mol. The molecule has 0 spiro atoms. The first-order valence-corrected chi connectivity index (χ1v) is 7.61. The molecular weight excluding hydrogens is 358 g/mol. The van der Waals surface area contributed by atoms with E-state index in [2.05, 4.69) is 10.6 Å². The van der Waals surface area contributed by atoms with Gasteiger partial charge in [-0.3, -0.25) is 10.1 Å². The summed E-state index contributed by atoms with van der Waals surface area (Å²) >= 11 is 10.8. The van der Waals surface area contributed by atoms with E-state index >= 15 is 0 Å². The smallest absolute Gasteiger partial charge is 0.338 e. The Morgan fingerprint density at radius 3 is 2.88 bits per heavy atom. The van der Waals surface area contributed by atoms with Gasteiger partial charge in [-0.05, 0) is 31.3 Å². The van der Waals surface area contributed by atoms with Crippen molar-refractivity contribution in [3.8, 4) is 0 Å². The Kier molecular flexibility index (Phi) is 5.71. The fraction of sp³-hybridized carbons (Fsp3) is 0.286. The summed E-state index contributed by atoms with van der Waals surface area (Å²) in [6, 6.07) is 3.29. The highest BCUT2D eigenvalue weighted by Crippen LogP contribution is 2.24. The Balaban J connectivity index is 2.19. The zero-order valence-corrected chi connectivity index (χ0v) is 14.1. The molecule has 0 aliphatic carbocycles. The Morgan fingerprint density at radius 1 is 1.54 bits per heavy atom. The van der Waals surface area contributed by atoms with Crippen LogP contribution >= 0.6 is 23.8 Å². The first-order valence-electron chi connectivity index (χ1n) is 6.82. The number of nitrogens with one attached hydrogen (secondary N) is 2. The molecule has 0 fully saturated rings. The van der Waals surface area contributed by atoms with Crippen LogP contribution in [0.4, 0.5) is 5.69 Å². The summed E-state index contributed by atoms with van der Waals surface area (Å²) in [5.41, 5.74) is 0.601. The Bertz CT molecular complexity index is 737. The van der Waals surface area contributed by atoms with Gasteiger partial charge in [0, 0.05) is 16.8 Å². The van der Waals surface area contributed by atoms with Crippen LogP contribution in [-0.2, 0) is 16.1 Å². The van der Waals surface area contributed by atoms with Crippen LogP contribution in [0.3, 0.4) is 0 Å². The normalized spacial score (nSPS) is 17.1. The van der Waals surface area contributed by atoms with Crippen LogP contribution in [0.25, 0.3) is 0 Å². The highest BCUT2D eigenvalue weighted by molar-refractivity contribution is 7.80. The van der Waals surface area contributed by atoms with Gasteiger partial charge in [-0.15, -0.1) is 0 Å². The summed E-state index contributed by atoms with van der Waals surface area (Å²) in [7, 11) is 0. The van der Waals surface area contributed by atoms with Crippen LogP contribution in [0.15, 0.2) is 29.5 Å². The van der Waals surface area contributed by atoms with E-state index in [4.69, 9.17) is 28.6 Å². The van der Waals surface area contributed by atoms with Gasteiger partial charge in [-0.1, -0.05) is 11.6 Å². The topological polar surface area (TPSA) is 114 Å². The minimum absolute atomic E-state index is 0.173. The lowest BCUT2D eigenvalue weighted by atomic mass is 10.0. The van der Waals surface area contributed by atoms with Gasteiger partial charge in [-0.2, -0.15) is 0 Å². The van der Waals surface area contributed by atoms with E-state index in [1.807, 2.05) is 0 Å². The van der Waals surface area contributed by atoms with Crippen molar-refractivity contribution in [3.63, 3.8) is 0 Å². The number of nitro benzene ring substituents is 1. The quantitative estimate of drug-likeness (QED) is 0.308. The SMILES string of the molecule is CC1=C(C(=O)OCc2cc(Cl)ccc2[N+](=O)[O-])C(CO)NC(=S)N1. The van der Waals surface area contributed by atoms with E-state index in [9.17, 15) is 20.0 Å². The number of halogens is 1. The average Bonchev–Trinajstić information content (AvgIpc) is 2.51. The predicted octanol–water partition coefficient (Wildman–Crippen LogP) is 1.40. The predicted molar refractivity (Wildman–Crippen MR) is 90.3 cm³/mol. The Labute approximate surface area is 147 Å². The summed E-state index contributed by atoms with van der Waals surface area (Å²) in [6.45, 7) is 0.935. The van der Waals surface area contributed by atoms with Crippen molar-refractivity contribution in [2.45, 2.75) is 19.6 Å². The molecule has 0 saturated carbocycles. The number of ether oxygens (including phenoxy) is 1. The molecule has 1 aromatic carbocycles. The van der Waals surface area contributed by atoms with Gasteiger partial charge in [0.25, 0.3) is 5.69 Å². The van der Waals surface area contributed by atoms with Crippen LogP contribution in [0.1, 0.15) is 12.5 Å². The van der Waals surface area contributed by atoms with E-state index in [1.165, 1.54) is 18.2 Å². The second-order valence-corrected chi connectivity index (χ2v) is 5.82. The van der Waals surface area contributed by atoms with Crippen molar-refractivity contribution in [1.29, 1.82) is 0 Å². The number of allylic oxidation sites excluding steroid dienone is 1. The van der Waals surface area contributed by atoms with Gasteiger partial charge in [0.05, 0.1) is 28.7 Å². The molecule has 8 nitrogen and oxygen atoms in total. The number of carbonyl (C=O) groups is 1. The van der Waals surface area contributed by atoms with Gasteiger partial charge in [0.2, 0.25) is 0 Å². The largest absolute Gasteiger partial charge is 0.457 e. The molecule has 10 heteroatoms. The van der Waals surface area contributed by atoms with Gasteiger partial charge >= 0.3 is 5.97 Å². The fourth-order valence-corrected chi connectivity index (χ4v) is 2.76. The molecule has 1 heterocycles. The molecule has 1 atom stereocenters. The maximum atomic E-state index is 12.3. The molecular formula is C14H14ClN3O5S. The fourth-order valence-electron chi connectivity index (χ4n) is 2.27. The van der Waals surface area contributed by atoms with Crippen molar-refractivity contribution in [2.75, 3.05) is 6.61 Å². The lowest BCUT2D eigenvalue weighted by molar-refractivity contribution is -0.385. The van der Waals surface area contributed by atoms with E-state index < -0.39 is 16.9 Å². The number of hydrogen-bond acceptors (Lipinski definition) is 6. The molecule has 2 rings (SSSR count). The number of thiocarbonyl (C=S) groups is 1.